The maximum atomic E-state index is 7.47. The lowest BCUT2D eigenvalue weighted by molar-refractivity contribution is -0.140. The number of hydrogen-bond acceptors (Lipinski definition) is 3. The number of nitrogens with zero attached hydrogens (tertiary/aromatic N) is 2. The van der Waals surface area contributed by atoms with E-state index >= 15 is 0 Å². The molecule has 1 aromatic heterocycles. The van der Waals surface area contributed by atoms with Gasteiger partial charge in [-0.3, -0.25) is 4.98 Å². The minimum absolute atomic E-state index is 0.00532. The third kappa shape index (κ3) is 2.74. The summed E-state index contributed by atoms with van der Waals surface area (Å²) >= 11 is 0. The van der Waals surface area contributed by atoms with E-state index < -0.39 is 0 Å². The molecule has 2 spiro atoms. The molecule has 2 saturated carbocycles. The smallest absolute Gasteiger partial charge is 0.0974 e. The van der Waals surface area contributed by atoms with Crippen molar-refractivity contribution in [3.63, 3.8) is 0 Å². The van der Waals surface area contributed by atoms with E-state index in [1.807, 2.05) is 12.4 Å². The van der Waals surface area contributed by atoms with E-state index in [0.29, 0.717) is 17.9 Å². The van der Waals surface area contributed by atoms with Crippen molar-refractivity contribution in [1.29, 1.82) is 0 Å². The Hall–Kier alpha value is -1.97. The summed E-state index contributed by atoms with van der Waals surface area (Å²) in [5.41, 5.74) is 4.83. The topological polar surface area (TPSA) is 25.4 Å². The quantitative estimate of drug-likeness (QED) is 0.510. The number of pyridine rings is 1. The zero-order valence-electron chi connectivity index (χ0n) is 21.0. The Kier molecular flexibility index (Phi) is 4.56. The van der Waals surface area contributed by atoms with E-state index in [9.17, 15) is 0 Å². The fraction of sp³-hybridized carbons (Fsp3) is 0.581. The molecule has 3 heterocycles. The second-order valence-electron chi connectivity index (χ2n) is 12.2. The molecule has 1 aromatic carbocycles. The summed E-state index contributed by atoms with van der Waals surface area (Å²) < 4.78 is 7.47. The van der Waals surface area contributed by atoms with Crippen LogP contribution in [0.1, 0.15) is 76.7 Å². The molecule has 2 aromatic rings. The highest BCUT2D eigenvalue weighted by molar-refractivity contribution is 5.82. The molecule has 6 atom stereocenters. The van der Waals surface area contributed by atoms with E-state index in [1.54, 1.807) is 5.57 Å². The molecule has 3 heteroatoms. The van der Waals surface area contributed by atoms with Crippen molar-refractivity contribution in [3.05, 3.63) is 65.5 Å². The van der Waals surface area contributed by atoms with E-state index in [4.69, 9.17) is 4.74 Å². The van der Waals surface area contributed by atoms with Gasteiger partial charge in [0.1, 0.15) is 0 Å². The summed E-state index contributed by atoms with van der Waals surface area (Å²) in [6.07, 6.45) is 18.9. The van der Waals surface area contributed by atoms with Crippen molar-refractivity contribution in [2.24, 2.45) is 11.3 Å². The van der Waals surface area contributed by atoms with Crippen molar-refractivity contribution in [1.82, 2.24) is 9.88 Å². The lowest BCUT2D eigenvalue weighted by Gasteiger charge is -2.55. The Labute approximate surface area is 204 Å². The summed E-state index contributed by atoms with van der Waals surface area (Å²) in [5.74, 6) is 1.20. The highest BCUT2D eigenvalue weighted by atomic mass is 16.5. The SMILES string of the molecule is CCN(C)[C@H]1CCC2=CC3=CC[C@@]4(C)C(CC[C@@H]4c4ccc5ccncc5c4)C34CC[C@]2(C1)O4. The first-order chi connectivity index (χ1) is 16.5. The molecule has 3 fully saturated rings. The fourth-order valence-electron chi connectivity index (χ4n) is 8.88. The molecule has 1 saturated heterocycles. The Morgan fingerprint density at radius 1 is 1.12 bits per heavy atom. The molecule has 3 nitrogen and oxygen atoms in total. The van der Waals surface area contributed by atoms with E-state index in [1.165, 1.54) is 73.3 Å². The third-order valence-corrected chi connectivity index (χ3v) is 10.8. The normalized spacial score (nSPS) is 40.5. The first-order valence-corrected chi connectivity index (χ1v) is 13.6. The van der Waals surface area contributed by atoms with Gasteiger partial charge in [-0.1, -0.05) is 38.1 Å². The van der Waals surface area contributed by atoms with Crippen LogP contribution in [0.3, 0.4) is 0 Å². The summed E-state index contributed by atoms with van der Waals surface area (Å²) in [6, 6.07) is 9.88. The molecule has 2 bridgehead atoms. The van der Waals surface area contributed by atoms with Gasteiger partial charge < -0.3 is 9.64 Å². The van der Waals surface area contributed by atoms with E-state index in [-0.39, 0.29) is 16.6 Å². The number of allylic oxidation sites excluding steroid dienone is 1. The van der Waals surface area contributed by atoms with Crippen LogP contribution in [-0.4, -0.2) is 40.7 Å². The zero-order chi connectivity index (χ0) is 23.1. The van der Waals surface area contributed by atoms with Gasteiger partial charge in [0, 0.05) is 23.8 Å². The monoisotopic (exact) mass is 454 g/mol. The number of fused-ring (bicyclic) bond motifs is 2. The molecule has 0 N–H and O–H groups in total. The van der Waals surface area contributed by atoms with Gasteiger partial charge in [-0.25, -0.2) is 0 Å². The van der Waals surface area contributed by atoms with Crippen LogP contribution in [0.4, 0.5) is 0 Å². The van der Waals surface area contributed by atoms with Crippen LogP contribution in [0.2, 0.25) is 0 Å². The van der Waals surface area contributed by atoms with E-state index in [2.05, 4.69) is 67.2 Å². The van der Waals surface area contributed by atoms with Gasteiger partial charge in [-0.15, -0.1) is 0 Å². The van der Waals surface area contributed by atoms with Crippen LogP contribution in [0.15, 0.2) is 60.0 Å². The maximum absolute atomic E-state index is 7.47. The van der Waals surface area contributed by atoms with Crippen LogP contribution in [0.5, 0.6) is 0 Å². The predicted molar refractivity (Wildman–Crippen MR) is 138 cm³/mol. The Bertz CT molecular complexity index is 1210. The first kappa shape index (κ1) is 21.3. The first-order valence-electron chi connectivity index (χ1n) is 13.6. The number of rotatable bonds is 3. The molecule has 2 aliphatic heterocycles. The number of hydrogen-bond donors (Lipinski definition) is 0. The van der Waals surface area contributed by atoms with Crippen molar-refractivity contribution in [3.8, 4) is 0 Å². The van der Waals surface area contributed by atoms with Crippen LogP contribution >= 0.6 is 0 Å². The van der Waals surface area contributed by atoms with Crippen molar-refractivity contribution < 1.29 is 4.74 Å². The van der Waals surface area contributed by atoms with Crippen molar-refractivity contribution in [2.45, 2.75) is 88.4 Å². The molecule has 34 heavy (non-hydrogen) atoms. The molecule has 3 aliphatic carbocycles. The number of benzene rings is 1. The van der Waals surface area contributed by atoms with Gasteiger partial charge in [0.15, 0.2) is 0 Å². The molecule has 0 radical (unpaired) electrons. The molecule has 2 unspecified atom stereocenters. The van der Waals surface area contributed by atoms with Crippen LogP contribution in [-0.2, 0) is 4.74 Å². The van der Waals surface area contributed by atoms with Gasteiger partial charge >= 0.3 is 0 Å². The highest BCUT2D eigenvalue weighted by Gasteiger charge is 2.66. The fourth-order valence-corrected chi connectivity index (χ4v) is 8.88. The van der Waals surface area contributed by atoms with Gasteiger partial charge in [0.05, 0.1) is 11.2 Å². The minimum Gasteiger partial charge on any atom is -0.359 e. The van der Waals surface area contributed by atoms with E-state index in [0.717, 1.165) is 6.54 Å². The predicted octanol–water partition coefficient (Wildman–Crippen LogP) is 6.80. The summed E-state index contributed by atoms with van der Waals surface area (Å²) in [5, 5.41) is 2.56. The van der Waals surface area contributed by atoms with Crippen LogP contribution < -0.4 is 0 Å². The van der Waals surface area contributed by atoms with Gasteiger partial charge in [-0.05, 0) is 116 Å². The largest absolute Gasteiger partial charge is 0.359 e. The number of aromatic nitrogens is 1. The van der Waals surface area contributed by atoms with Crippen LogP contribution in [0.25, 0.3) is 10.8 Å². The second kappa shape index (κ2) is 7.27. The zero-order valence-corrected chi connectivity index (χ0v) is 21.0. The third-order valence-electron chi connectivity index (χ3n) is 10.8. The van der Waals surface area contributed by atoms with Crippen molar-refractivity contribution in [2.75, 3.05) is 13.6 Å². The lowest BCUT2D eigenvalue weighted by Crippen LogP contribution is -2.55. The average Bonchev–Trinajstić information content (AvgIpc) is 3.38. The van der Waals surface area contributed by atoms with Crippen molar-refractivity contribution >= 4 is 10.8 Å². The second-order valence-corrected chi connectivity index (χ2v) is 12.2. The molecular weight excluding hydrogens is 416 g/mol. The average molecular weight is 455 g/mol. The maximum Gasteiger partial charge on any atom is 0.0974 e. The highest BCUT2D eigenvalue weighted by Crippen LogP contribution is 2.69. The summed E-state index contributed by atoms with van der Waals surface area (Å²) in [6.45, 7) is 5.99. The summed E-state index contributed by atoms with van der Waals surface area (Å²) in [7, 11) is 2.30. The molecular formula is C31H38N2O. The molecule has 0 amide bonds. The van der Waals surface area contributed by atoms with Gasteiger partial charge in [0.2, 0.25) is 0 Å². The Balaban J connectivity index is 1.26. The molecule has 7 rings (SSSR count). The number of ether oxygens (including phenoxy) is 1. The lowest BCUT2D eigenvalue weighted by atomic mass is 9.58. The Morgan fingerprint density at radius 3 is 2.91 bits per heavy atom. The van der Waals surface area contributed by atoms with Crippen LogP contribution in [0, 0.1) is 11.3 Å². The minimum atomic E-state index is -0.0592. The standard InChI is InChI=1S/C31H38N2O/c1-4-33(3)26-8-7-24-18-25-11-13-29(2)27(22-6-5-21-12-16-32-20-23(21)17-22)9-10-28(29)31(25)15-14-30(24,19-26)34-31/h5-6,11-12,16-18,20,26-28H,4,7-10,13-15,19H2,1-3H3/t26-,27+,28?,29+,30+,31?/m0/s1. The molecule has 5 aliphatic rings. The van der Waals surface area contributed by atoms with Gasteiger partial charge in [0.25, 0.3) is 0 Å². The molecule has 178 valence electrons. The van der Waals surface area contributed by atoms with Gasteiger partial charge in [-0.2, -0.15) is 0 Å². The summed E-state index contributed by atoms with van der Waals surface area (Å²) in [4.78, 5) is 6.94. The Morgan fingerprint density at radius 2 is 2.03 bits per heavy atom.